The van der Waals surface area contributed by atoms with Gasteiger partial charge in [-0.25, -0.2) is 4.79 Å². The number of methoxy groups -OCH3 is 1. The molecule has 0 aliphatic carbocycles. The molecule has 0 spiro atoms. The summed E-state index contributed by atoms with van der Waals surface area (Å²) in [6.07, 6.45) is 0. The fourth-order valence-electron chi connectivity index (χ4n) is 2.20. The predicted octanol–water partition coefficient (Wildman–Crippen LogP) is 1.96. The monoisotopic (exact) mass is 291 g/mol. The third kappa shape index (κ3) is 2.43. The molecule has 1 N–H and O–H groups in total. The molecule has 21 heavy (non-hydrogen) atoms. The molecular weight excluding hydrogens is 278 g/mol. The maximum Gasteiger partial charge on any atom is 0.358 e. The van der Waals surface area contributed by atoms with Gasteiger partial charge in [0.2, 0.25) is 0 Å². The summed E-state index contributed by atoms with van der Waals surface area (Å²) in [6.45, 7) is 1.22. The average Bonchev–Trinajstić information content (AvgIpc) is 2.98. The van der Waals surface area contributed by atoms with Crippen LogP contribution in [0.2, 0.25) is 0 Å². The van der Waals surface area contributed by atoms with Crippen molar-refractivity contribution in [1.29, 1.82) is 0 Å². The van der Waals surface area contributed by atoms with E-state index in [-0.39, 0.29) is 12.3 Å². The zero-order valence-electron chi connectivity index (χ0n) is 11.3. The molecule has 3 rings (SSSR count). The van der Waals surface area contributed by atoms with E-state index in [2.05, 4.69) is 5.16 Å². The number of fused-ring (bicyclic) bond motifs is 1. The topological polar surface area (TPSA) is 91.0 Å². The Morgan fingerprint density at radius 3 is 2.90 bits per heavy atom. The van der Waals surface area contributed by atoms with Gasteiger partial charge in [-0.2, -0.15) is 0 Å². The molecule has 0 unspecified atom stereocenters. The van der Waals surface area contributed by atoms with E-state index in [0.717, 1.165) is 5.56 Å². The number of benzene rings is 1. The Morgan fingerprint density at radius 1 is 1.38 bits per heavy atom. The Bertz CT molecular complexity index is 678. The summed E-state index contributed by atoms with van der Waals surface area (Å²) in [6, 6.07) is 4.90. The van der Waals surface area contributed by atoms with Crippen molar-refractivity contribution in [3.05, 3.63) is 29.5 Å². The molecule has 0 atom stereocenters. The van der Waals surface area contributed by atoms with E-state index in [9.17, 15) is 4.79 Å². The summed E-state index contributed by atoms with van der Waals surface area (Å²) < 4.78 is 21.5. The van der Waals surface area contributed by atoms with Crippen molar-refractivity contribution in [3.63, 3.8) is 0 Å². The highest BCUT2D eigenvalue weighted by atomic mass is 16.6. The van der Waals surface area contributed by atoms with Gasteiger partial charge in [0.05, 0.1) is 6.61 Å². The van der Waals surface area contributed by atoms with Gasteiger partial charge in [-0.3, -0.25) is 0 Å². The Morgan fingerprint density at radius 2 is 2.19 bits per heavy atom. The second-order valence-corrected chi connectivity index (χ2v) is 4.43. The molecule has 1 aromatic carbocycles. The van der Waals surface area contributed by atoms with E-state index < -0.39 is 5.97 Å². The molecule has 0 fully saturated rings. The van der Waals surface area contributed by atoms with Gasteiger partial charge < -0.3 is 23.8 Å². The molecule has 0 radical (unpaired) electrons. The normalized spacial score (nSPS) is 13.2. The Hall–Kier alpha value is -2.54. The number of hydrogen-bond acceptors (Lipinski definition) is 6. The third-order valence-corrected chi connectivity index (χ3v) is 3.10. The lowest BCUT2D eigenvalue weighted by molar-refractivity contribution is 0.0686. The number of rotatable bonds is 4. The van der Waals surface area contributed by atoms with Crippen LogP contribution in [0.15, 0.2) is 22.7 Å². The SMILES string of the molecule is COCc1c(-c2cc(C(=O)O)no2)ccc2c1OCCO2. The molecule has 2 heterocycles. The lowest BCUT2D eigenvalue weighted by atomic mass is 10.0. The van der Waals surface area contributed by atoms with E-state index in [1.807, 2.05) is 0 Å². The van der Waals surface area contributed by atoms with Gasteiger partial charge in [-0.05, 0) is 12.1 Å². The van der Waals surface area contributed by atoms with Gasteiger partial charge in [0, 0.05) is 24.3 Å². The van der Waals surface area contributed by atoms with E-state index in [1.54, 1.807) is 19.2 Å². The Labute approximate surface area is 120 Å². The first-order valence-corrected chi connectivity index (χ1v) is 6.31. The number of carboxylic acids is 1. The van der Waals surface area contributed by atoms with Crippen molar-refractivity contribution < 1.29 is 28.6 Å². The minimum absolute atomic E-state index is 0.150. The van der Waals surface area contributed by atoms with Crippen LogP contribution >= 0.6 is 0 Å². The summed E-state index contributed by atoms with van der Waals surface area (Å²) in [5, 5.41) is 12.4. The number of ether oxygens (including phenoxy) is 3. The maximum absolute atomic E-state index is 10.9. The molecule has 0 bridgehead atoms. The highest BCUT2D eigenvalue weighted by Crippen LogP contribution is 2.40. The van der Waals surface area contributed by atoms with Gasteiger partial charge in [0.25, 0.3) is 0 Å². The standard InChI is InChI=1S/C14H13NO6/c1-18-7-9-8(12-6-10(14(16)17)15-21-12)2-3-11-13(9)20-5-4-19-11/h2-3,6H,4-5,7H2,1H3,(H,16,17). The van der Waals surface area contributed by atoms with E-state index >= 15 is 0 Å². The van der Waals surface area contributed by atoms with Crippen LogP contribution in [-0.2, 0) is 11.3 Å². The van der Waals surface area contributed by atoms with Crippen molar-refractivity contribution in [1.82, 2.24) is 5.16 Å². The molecular formula is C14H13NO6. The van der Waals surface area contributed by atoms with Crippen LogP contribution in [0, 0.1) is 0 Å². The molecule has 7 heteroatoms. The van der Waals surface area contributed by atoms with Crippen LogP contribution in [0.4, 0.5) is 0 Å². The van der Waals surface area contributed by atoms with E-state index in [1.165, 1.54) is 6.07 Å². The fraction of sp³-hybridized carbons (Fsp3) is 0.286. The number of carboxylic acid groups (broad SMARTS) is 1. The van der Waals surface area contributed by atoms with Crippen LogP contribution in [-0.4, -0.2) is 36.6 Å². The fourth-order valence-corrected chi connectivity index (χ4v) is 2.20. The largest absolute Gasteiger partial charge is 0.486 e. The average molecular weight is 291 g/mol. The number of hydrogen-bond donors (Lipinski definition) is 1. The maximum atomic E-state index is 10.9. The number of aromatic carboxylic acids is 1. The quantitative estimate of drug-likeness (QED) is 0.920. The van der Waals surface area contributed by atoms with Gasteiger partial charge in [0.1, 0.15) is 13.2 Å². The van der Waals surface area contributed by atoms with Crippen LogP contribution < -0.4 is 9.47 Å². The molecule has 2 aromatic rings. The Balaban J connectivity index is 2.10. The highest BCUT2D eigenvalue weighted by molar-refractivity contribution is 5.86. The van der Waals surface area contributed by atoms with Gasteiger partial charge in [-0.15, -0.1) is 0 Å². The molecule has 1 aliphatic rings. The van der Waals surface area contributed by atoms with Crippen molar-refractivity contribution in [2.75, 3.05) is 20.3 Å². The summed E-state index contributed by atoms with van der Waals surface area (Å²) in [5.74, 6) is 0.427. The molecule has 0 saturated heterocycles. The minimum Gasteiger partial charge on any atom is -0.486 e. The summed E-state index contributed by atoms with van der Waals surface area (Å²) in [7, 11) is 1.57. The zero-order valence-corrected chi connectivity index (χ0v) is 11.3. The van der Waals surface area contributed by atoms with Gasteiger partial charge in [-0.1, -0.05) is 5.16 Å². The first-order chi connectivity index (χ1) is 10.2. The van der Waals surface area contributed by atoms with Gasteiger partial charge in [0.15, 0.2) is 23.0 Å². The summed E-state index contributed by atoms with van der Waals surface area (Å²) in [4.78, 5) is 10.9. The van der Waals surface area contributed by atoms with Crippen LogP contribution in [0.1, 0.15) is 16.1 Å². The van der Waals surface area contributed by atoms with Crippen molar-refractivity contribution in [2.24, 2.45) is 0 Å². The molecule has 110 valence electrons. The smallest absolute Gasteiger partial charge is 0.358 e. The predicted molar refractivity (Wildman–Crippen MR) is 70.6 cm³/mol. The first kappa shape index (κ1) is 13.4. The molecule has 1 aromatic heterocycles. The molecule has 0 amide bonds. The third-order valence-electron chi connectivity index (χ3n) is 3.10. The van der Waals surface area contributed by atoms with Crippen molar-refractivity contribution in [2.45, 2.75) is 6.61 Å². The minimum atomic E-state index is -1.14. The van der Waals surface area contributed by atoms with Crippen molar-refractivity contribution in [3.8, 4) is 22.8 Å². The highest BCUT2D eigenvalue weighted by Gasteiger charge is 2.22. The molecule has 1 aliphatic heterocycles. The van der Waals surface area contributed by atoms with Gasteiger partial charge >= 0.3 is 5.97 Å². The van der Waals surface area contributed by atoms with Crippen LogP contribution in [0.25, 0.3) is 11.3 Å². The van der Waals surface area contributed by atoms with Crippen LogP contribution in [0.3, 0.4) is 0 Å². The Kier molecular flexibility index (Phi) is 3.49. The summed E-state index contributed by atoms with van der Waals surface area (Å²) in [5.41, 5.74) is 1.26. The second-order valence-electron chi connectivity index (χ2n) is 4.43. The number of nitrogens with zero attached hydrogens (tertiary/aromatic N) is 1. The lowest BCUT2D eigenvalue weighted by Gasteiger charge is -2.22. The number of aromatic nitrogens is 1. The van der Waals surface area contributed by atoms with E-state index in [0.29, 0.717) is 36.0 Å². The zero-order chi connectivity index (χ0) is 14.8. The lowest BCUT2D eigenvalue weighted by Crippen LogP contribution is -2.17. The van der Waals surface area contributed by atoms with Crippen molar-refractivity contribution >= 4 is 5.97 Å². The summed E-state index contributed by atoms with van der Waals surface area (Å²) >= 11 is 0. The number of carbonyl (C=O) groups is 1. The molecule has 7 nitrogen and oxygen atoms in total. The molecule has 0 saturated carbocycles. The van der Waals surface area contributed by atoms with E-state index in [4.69, 9.17) is 23.8 Å². The van der Waals surface area contributed by atoms with Crippen LogP contribution in [0.5, 0.6) is 11.5 Å². The first-order valence-electron chi connectivity index (χ1n) is 6.31. The second kappa shape index (κ2) is 5.45.